The van der Waals surface area contributed by atoms with Crippen molar-refractivity contribution in [1.82, 2.24) is 10.2 Å². The molecular weight excluding hydrogens is 349 g/mol. The summed E-state index contributed by atoms with van der Waals surface area (Å²) >= 11 is 0. The van der Waals surface area contributed by atoms with Crippen molar-refractivity contribution in [3.8, 4) is 0 Å². The lowest BCUT2D eigenvalue weighted by Crippen LogP contribution is -2.60. The molecule has 2 amide bonds. The number of rotatable bonds is 5. The van der Waals surface area contributed by atoms with E-state index in [1.807, 2.05) is 13.8 Å². The number of nitrogens with zero attached hydrogens (tertiary/aromatic N) is 1. The number of halogens is 1. The Hall–Kier alpha value is -2.83. The third-order valence-corrected chi connectivity index (χ3v) is 4.73. The van der Waals surface area contributed by atoms with E-state index in [1.54, 1.807) is 23.1 Å². The van der Waals surface area contributed by atoms with E-state index < -0.39 is 5.54 Å². The Morgan fingerprint density at radius 3 is 2.56 bits per heavy atom. The molecule has 2 N–H and O–H groups in total. The lowest BCUT2D eigenvalue weighted by molar-refractivity contribution is -0.127. The largest absolute Gasteiger partial charge is 0.472 e. The maximum absolute atomic E-state index is 13.6. The Balaban J connectivity index is 1.78. The highest BCUT2D eigenvalue weighted by Gasteiger charge is 2.42. The van der Waals surface area contributed by atoms with Crippen LogP contribution in [0.1, 0.15) is 37.0 Å². The van der Waals surface area contributed by atoms with Crippen LogP contribution < -0.4 is 10.6 Å². The third kappa shape index (κ3) is 4.30. The van der Waals surface area contributed by atoms with Crippen LogP contribution in [0.4, 0.5) is 10.1 Å². The predicted octanol–water partition coefficient (Wildman–Crippen LogP) is 3.03. The predicted molar refractivity (Wildman–Crippen MR) is 99.9 cm³/mol. The summed E-state index contributed by atoms with van der Waals surface area (Å²) < 4.78 is 18.6. The number of carbonyl (C=O) groups is 2. The van der Waals surface area contributed by atoms with E-state index in [0.717, 1.165) is 0 Å². The molecule has 2 heterocycles. The molecule has 1 fully saturated rings. The van der Waals surface area contributed by atoms with Gasteiger partial charge in [0.25, 0.3) is 5.91 Å². The van der Waals surface area contributed by atoms with Crippen molar-refractivity contribution in [1.29, 1.82) is 0 Å². The maximum Gasteiger partial charge on any atom is 0.257 e. The first-order valence-electron chi connectivity index (χ1n) is 9.06. The average Bonchev–Trinajstić information content (AvgIpc) is 3.16. The highest BCUT2D eigenvalue weighted by Crippen LogP contribution is 2.29. The molecule has 6 nitrogen and oxygen atoms in total. The van der Waals surface area contributed by atoms with Gasteiger partial charge in [-0.2, -0.15) is 0 Å². The molecule has 0 radical (unpaired) electrons. The van der Waals surface area contributed by atoms with Crippen LogP contribution in [0.5, 0.6) is 0 Å². The van der Waals surface area contributed by atoms with Gasteiger partial charge >= 0.3 is 0 Å². The van der Waals surface area contributed by atoms with Gasteiger partial charge in [-0.1, -0.05) is 6.07 Å². The highest BCUT2D eigenvalue weighted by molar-refractivity contribution is 5.95. The van der Waals surface area contributed by atoms with Crippen molar-refractivity contribution in [2.45, 2.75) is 38.3 Å². The minimum atomic E-state index is -0.898. The molecule has 1 saturated heterocycles. The van der Waals surface area contributed by atoms with Gasteiger partial charge in [-0.05, 0) is 51.0 Å². The Morgan fingerprint density at radius 1 is 1.22 bits per heavy atom. The number of amides is 2. The van der Waals surface area contributed by atoms with Crippen molar-refractivity contribution >= 4 is 17.5 Å². The second-order valence-electron chi connectivity index (χ2n) is 7.15. The fourth-order valence-corrected chi connectivity index (χ4v) is 3.31. The summed E-state index contributed by atoms with van der Waals surface area (Å²) in [5.74, 6) is -0.628. The SMILES string of the molecule is CC(C)NC(=O)C1(Nc2cccc(F)c2)CCN(C(=O)c2ccoc2)CC1. The van der Waals surface area contributed by atoms with Crippen LogP contribution in [0.2, 0.25) is 0 Å². The smallest absolute Gasteiger partial charge is 0.257 e. The van der Waals surface area contributed by atoms with E-state index in [-0.39, 0.29) is 23.7 Å². The minimum Gasteiger partial charge on any atom is -0.472 e. The summed E-state index contributed by atoms with van der Waals surface area (Å²) in [5.41, 5.74) is 0.140. The Morgan fingerprint density at radius 2 is 1.96 bits per heavy atom. The molecule has 2 aromatic rings. The number of likely N-dealkylation sites (tertiary alicyclic amines) is 1. The van der Waals surface area contributed by atoms with E-state index in [9.17, 15) is 14.0 Å². The van der Waals surface area contributed by atoms with Gasteiger partial charge in [0.15, 0.2) is 0 Å². The van der Waals surface area contributed by atoms with E-state index >= 15 is 0 Å². The number of nitrogens with one attached hydrogen (secondary N) is 2. The fraction of sp³-hybridized carbons (Fsp3) is 0.400. The molecule has 1 aliphatic rings. The molecule has 0 aliphatic carbocycles. The molecule has 0 saturated carbocycles. The van der Waals surface area contributed by atoms with Gasteiger partial charge in [0.1, 0.15) is 17.6 Å². The van der Waals surface area contributed by atoms with Crippen molar-refractivity contribution in [2.24, 2.45) is 0 Å². The topological polar surface area (TPSA) is 74.6 Å². The molecule has 3 rings (SSSR count). The lowest BCUT2D eigenvalue weighted by Gasteiger charge is -2.42. The second-order valence-corrected chi connectivity index (χ2v) is 7.15. The molecule has 144 valence electrons. The van der Waals surface area contributed by atoms with Gasteiger partial charge < -0.3 is 20.0 Å². The van der Waals surface area contributed by atoms with Gasteiger partial charge in [0.05, 0.1) is 11.8 Å². The zero-order chi connectivity index (χ0) is 19.4. The van der Waals surface area contributed by atoms with E-state index in [4.69, 9.17) is 4.42 Å². The van der Waals surface area contributed by atoms with E-state index in [2.05, 4.69) is 10.6 Å². The quantitative estimate of drug-likeness (QED) is 0.845. The molecule has 7 heteroatoms. The molecule has 1 aromatic carbocycles. The van der Waals surface area contributed by atoms with Crippen LogP contribution in [-0.2, 0) is 4.79 Å². The summed E-state index contributed by atoms with van der Waals surface area (Å²) in [6, 6.07) is 7.67. The van der Waals surface area contributed by atoms with Crippen LogP contribution >= 0.6 is 0 Å². The van der Waals surface area contributed by atoms with Crippen LogP contribution in [0.15, 0.2) is 47.3 Å². The number of hydrogen-bond donors (Lipinski definition) is 2. The number of carbonyl (C=O) groups excluding carboxylic acids is 2. The van der Waals surface area contributed by atoms with Crippen molar-refractivity contribution in [3.05, 3.63) is 54.2 Å². The lowest BCUT2D eigenvalue weighted by atomic mass is 9.85. The van der Waals surface area contributed by atoms with Crippen LogP contribution in [0, 0.1) is 5.82 Å². The molecule has 0 spiro atoms. The first-order chi connectivity index (χ1) is 12.9. The first kappa shape index (κ1) is 18.9. The number of piperidine rings is 1. The van der Waals surface area contributed by atoms with Gasteiger partial charge in [0.2, 0.25) is 5.91 Å². The molecular formula is C20H24FN3O3. The standard InChI is InChI=1S/C20H24FN3O3/c1-14(2)22-19(26)20(23-17-5-3-4-16(21)12-17)7-9-24(10-8-20)18(25)15-6-11-27-13-15/h3-6,11-14,23H,7-10H2,1-2H3,(H,22,26). The number of hydrogen-bond acceptors (Lipinski definition) is 4. The Labute approximate surface area is 157 Å². The summed E-state index contributed by atoms with van der Waals surface area (Å²) in [6.07, 6.45) is 3.72. The summed E-state index contributed by atoms with van der Waals surface area (Å²) in [4.78, 5) is 27.2. The molecule has 0 bridgehead atoms. The zero-order valence-electron chi connectivity index (χ0n) is 15.5. The summed E-state index contributed by atoms with van der Waals surface area (Å²) in [5, 5.41) is 6.17. The fourth-order valence-electron chi connectivity index (χ4n) is 3.31. The molecule has 1 aromatic heterocycles. The third-order valence-electron chi connectivity index (χ3n) is 4.73. The Kier molecular flexibility index (Phi) is 5.48. The van der Waals surface area contributed by atoms with E-state index in [1.165, 1.54) is 24.7 Å². The summed E-state index contributed by atoms with van der Waals surface area (Å²) in [6.45, 7) is 4.62. The van der Waals surface area contributed by atoms with Gasteiger partial charge in [-0.3, -0.25) is 9.59 Å². The molecule has 1 aliphatic heterocycles. The van der Waals surface area contributed by atoms with Gasteiger partial charge in [0, 0.05) is 24.8 Å². The van der Waals surface area contributed by atoms with Crippen molar-refractivity contribution < 1.29 is 18.4 Å². The molecule has 0 unspecified atom stereocenters. The van der Waals surface area contributed by atoms with Gasteiger partial charge in [-0.25, -0.2) is 4.39 Å². The van der Waals surface area contributed by atoms with Crippen LogP contribution in [0.3, 0.4) is 0 Å². The average molecular weight is 373 g/mol. The minimum absolute atomic E-state index is 0.0192. The zero-order valence-corrected chi connectivity index (χ0v) is 15.5. The van der Waals surface area contributed by atoms with Crippen molar-refractivity contribution in [2.75, 3.05) is 18.4 Å². The van der Waals surface area contributed by atoms with Crippen LogP contribution in [-0.4, -0.2) is 41.4 Å². The van der Waals surface area contributed by atoms with E-state index in [0.29, 0.717) is 37.2 Å². The summed E-state index contributed by atoms with van der Waals surface area (Å²) in [7, 11) is 0. The highest BCUT2D eigenvalue weighted by atomic mass is 19.1. The van der Waals surface area contributed by atoms with Crippen molar-refractivity contribution in [3.63, 3.8) is 0 Å². The Bertz CT molecular complexity index is 797. The number of anilines is 1. The number of benzene rings is 1. The number of furan rings is 1. The molecule has 27 heavy (non-hydrogen) atoms. The first-order valence-corrected chi connectivity index (χ1v) is 9.06. The molecule has 0 atom stereocenters. The normalized spacial score (nSPS) is 16.2. The monoisotopic (exact) mass is 373 g/mol. The van der Waals surface area contributed by atoms with Crippen LogP contribution in [0.25, 0.3) is 0 Å². The van der Waals surface area contributed by atoms with Gasteiger partial charge in [-0.15, -0.1) is 0 Å². The second kappa shape index (κ2) is 7.82. The maximum atomic E-state index is 13.6.